The quantitative estimate of drug-likeness (QED) is 0.646. The minimum Gasteiger partial charge on any atom is -0.269 e. The van der Waals surface area contributed by atoms with Crippen LogP contribution in [0.15, 0.2) is 0 Å². The van der Waals surface area contributed by atoms with Crippen molar-refractivity contribution in [2.24, 2.45) is 0 Å². The van der Waals surface area contributed by atoms with Crippen molar-refractivity contribution in [1.82, 2.24) is 9.78 Å². The zero-order valence-corrected chi connectivity index (χ0v) is 8.80. The molecule has 0 N–H and O–H groups in total. The minimum absolute atomic E-state index is 0.710. The Balaban J connectivity index is 2.49. The van der Waals surface area contributed by atoms with E-state index in [1.807, 2.05) is 0 Å². The molecule has 1 unspecified atom stereocenters. The van der Waals surface area contributed by atoms with Gasteiger partial charge >= 0.3 is 0 Å². The Hall–Kier alpha value is -0.790. The first-order valence-electron chi connectivity index (χ1n) is 5.30. The van der Waals surface area contributed by atoms with E-state index < -0.39 is 0 Å². The Morgan fingerprint density at radius 1 is 1.54 bits per heavy atom. The number of aromatic nitrogens is 2. The Labute approximate surface area is 80.0 Å². The number of nitrogens with zero attached hydrogens (tertiary/aromatic N) is 2. The van der Waals surface area contributed by atoms with Gasteiger partial charge in [-0.25, -0.2) is 0 Å². The Morgan fingerprint density at radius 2 is 2.31 bits per heavy atom. The highest BCUT2D eigenvalue weighted by Crippen LogP contribution is 2.30. The normalized spacial score (nSPS) is 21.6. The second-order valence-electron chi connectivity index (χ2n) is 4.08. The average Bonchev–Trinajstić information content (AvgIpc) is 2.44. The predicted octanol–water partition coefficient (Wildman–Crippen LogP) is 2.65. The lowest BCUT2D eigenvalue weighted by Crippen LogP contribution is -2.14. The fourth-order valence-electron chi connectivity index (χ4n) is 2.43. The molecule has 0 aromatic carbocycles. The third kappa shape index (κ3) is 1.28. The first-order chi connectivity index (χ1) is 6.24. The number of hydrogen-bond acceptors (Lipinski definition) is 1. The fourth-order valence-corrected chi connectivity index (χ4v) is 2.43. The molecule has 0 amide bonds. The molecule has 1 atom stereocenters. The highest BCUT2D eigenvalue weighted by atomic mass is 15.3. The second-order valence-corrected chi connectivity index (χ2v) is 4.08. The van der Waals surface area contributed by atoms with Crippen LogP contribution in [0.25, 0.3) is 0 Å². The summed E-state index contributed by atoms with van der Waals surface area (Å²) in [7, 11) is 0. The van der Waals surface area contributed by atoms with Gasteiger partial charge < -0.3 is 0 Å². The predicted molar refractivity (Wildman–Crippen MR) is 54.0 cm³/mol. The fraction of sp³-hybridized carbons (Fsp3) is 0.727. The van der Waals surface area contributed by atoms with Crippen LogP contribution < -0.4 is 0 Å². The van der Waals surface area contributed by atoms with E-state index in [1.165, 1.54) is 29.8 Å². The molecular weight excluding hydrogens is 160 g/mol. The van der Waals surface area contributed by atoms with Crippen LogP contribution >= 0.6 is 0 Å². The molecule has 0 saturated heterocycles. The van der Waals surface area contributed by atoms with Gasteiger partial charge in [0.1, 0.15) is 0 Å². The average molecular weight is 178 g/mol. The minimum atomic E-state index is 0.710. The van der Waals surface area contributed by atoms with Crippen LogP contribution in [0, 0.1) is 6.92 Å². The van der Waals surface area contributed by atoms with Crippen LogP contribution in [0.3, 0.4) is 0 Å². The molecule has 1 aliphatic rings. The van der Waals surface area contributed by atoms with Gasteiger partial charge in [-0.05, 0) is 37.7 Å². The number of aryl methyl sites for hydroxylation is 2. The van der Waals surface area contributed by atoms with Gasteiger partial charge in [0.15, 0.2) is 0 Å². The van der Waals surface area contributed by atoms with E-state index in [0.29, 0.717) is 5.92 Å². The third-order valence-electron chi connectivity index (χ3n) is 3.15. The summed E-state index contributed by atoms with van der Waals surface area (Å²) in [6, 6.07) is 0. The molecule has 0 aliphatic carbocycles. The molecule has 0 bridgehead atoms. The first kappa shape index (κ1) is 8.79. The van der Waals surface area contributed by atoms with Crippen LogP contribution in [-0.2, 0) is 13.0 Å². The van der Waals surface area contributed by atoms with Crippen LogP contribution in [0.4, 0.5) is 0 Å². The molecule has 0 radical (unpaired) electrons. The Kier molecular flexibility index (Phi) is 2.14. The highest BCUT2D eigenvalue weighted by Gasteiger charge is 2.21. The number of rotatable bonds is 1. The summed E-state index contributed by atoms with van der Waals surface area (Å²) in [4.78, 5) is 0. The molecule has 1 aromatic heterocycles. The zero-order valence-electron chi connectivity index (χ0n) is 8.80. The third-order valence-corrected chi connectivity index (χ3v) is 3.15. The van der Waals surface area contributed by atoms with Crippen LogP contribution in [0.5, 0.6) is 0 Å². The topological polar surface area (TPSA) is 17.8 Å². The van der Waals surface area contributed by atoms with Crippen molar-refractivity contribution >= 4 is 0 Å². The molecular formula is C11H18N2. The molecule has 72 valence electrons. The lowest BCUT2D eigenvalue weighted by Gasteiger charge is -2.20. The maximum atomic E-state index is 4.64. The van der Waals surface area contributed by atoms with Gasteiger partial charge in [-0.2, -0.15) is 5.10 Å². The monoisotopic (exact) mass is 178 g/mol. The van der Waals surface area contributed by atoms with Crippen LogP contribution in [0.1, 0.15) is 49.6 Å². The van der Waals surface area contributed by atoms with Crippen molar-refractivity contribution in [1.29, 1.82) is 0 Å². The summed E-state index contributed by atoms with van der Waals surface area (Å²) in [6.45, 7) is 7.85. The standard InChI is InChI=1S/C11H18N2/c1-4-10-9(3)11-8(2)6-5-7-13(11)12-10/h8H,4-7H2,1-3H3. The summed E-state index contributed by atoms with van der Waals surface area (Å²) >= 11 is 0. The van der Waals surface area contributed by atoms with Gasteiger partial charge in [-0.15, -0.1) is 0 Å². The van der Waals surface area contributed by atoms with E-state index in [0.717, 1.165) is 13.0 Å². The molecule has 2 heteroatoms. The van der Waals surface area contributed by atoms with E-state index in [9.17, 15) is 0 Å². The van der Waals surface area contributed by atoms with Gasteiger partial charge in [0, 0.05) is 12.2 Å². The summed E-state index contributed by atoms with van der Waals surface area (Å²) in [5.74, 6) is 0.710. The molecule has 1 aliphatic heterocycles. The van der Waals surface area contributed by atoms with Crippen molar-refractivity contribution < 1.29 is 0 Å². The van der Waals surface area contributed by atoms with Crippen molar-refractivity contribution in [2.45, 2.75) is 52.5 Å². The number of hydrogen-bond donors (Lipinski definition) is 0. The lowest BCUT2D eigenvalue weighted by atomic mass is 9.95. The van der Waals surface area contributed by atoms with E-state index in [1.54, 1.807) is 0 Å². The molecule has 2 nitrogen and oxygen atoms in total. The zero-order chi connectivity index (χ0) is 9.42. The van der Waals surface area contributed by atoms with E-state index >= 15 is 0 Å². The Bertz CT molecular complexity index is 312. The molecule has 0 saturated carbocycles. The van der Waals surface area contributed by atoms with Crippen molar-refractivity contribution in [3.05, 3.63) is 17.0 Å². The van der Waals surface area contributed by atoms with Gasteiger partial charge in [0.05, 0.1) is 5.69 Å². The lowest BCUT2D eigenvalue weighted by molar-refractivity contribution is 0.437. The number of fused-ring (bicyclic) bond motifs is 1. The van der Waals surface area contributed by atoms with Gasteiger partial charge in [-0.3, -0.25) is 4.68 Å². The first-order valence-corrected chi connectivity index (χ1v) is 5.30. The molecule has 0 fully saturated rings. The SMILES string of the molecule is CCc1nn2c(c1C)C(C)CCC2. The maximum absolute atomic E-state index is 4.64. The van der Waals surface area contributed by atoms with Crippen molar-refractivity contribution in [2.75, 3.05) is 0 Å². The van der Waals surface area contributed by atoms with Gasteiger partial charge in [-0.1, -0.05) is 13.8 Å². The molecule has 13 heavy (non-hydrogen) atoms. The van der Waals surface area contributed by atoms with Crippen molar-refractivity contribution in [3.63, 3.8) is 0 Å². The smallest absolute Gasteiger partial charge is 0.0654 e. The van der Waals surface area contributed by atoms with Crippen molar-refractivity contribution in [3.8, 4) is 0 Å². The van der Waals surface area contributed by atoms with E-state index in [4.69, 9.17) is 0 Å². The van der Waals surface area contributed by atoms with Gasteiger partial charge in [0.2, 0.25) is 0 Å². The van der Waals surface area contributed by atoms with Gasteiger partial charge in [0.25, 0.3) is 0 Å². The van der Waals surface area contributed by atoms with E-state index in [2.05, 4.69) is 30.6 Å². The summed E-state index contributed by atoms with van der Waals surface area (Å²) in [5.41, 5.74) is 4.22. The van der Waals surface area contributed by atoms with Crippen LogP contribution in [-0.4, -0.2) is 9.78 Å². The van der Waals surface area contributed by atoms with Crippen LogP contribution in [0.2, 0.25) is 0 Å². The molecule has 2 heterocycles. The van der Waals surface area contributed by atoms with E-state index in [-0.39, 0.29) is 0 Å². The summed E-state index contributed by atoms with van der Waals surface area (Å²) in [6.07, 6.45) is 3.69. The highest BCUT2D eigenvalue weighted by molar-refractivity contribution is 5.28. The molecule has 0 spiro atoms. The maximum Gasteiger partial charge on any atom is 0.0654 e. The largest absolute Gasteiger partial charge is 0.269 e. The second kappa shape index (κ2) is 3.17. The summed E-state index contributed by atoms with van der Waals surface area (Å²) < 4.78 is 2.22. The summed E-state index contributed by atoms with van der Waals surface area (Å²) in [5, 5.41) is 4.64. The molecule has 1 aromatic rings. The Morgan fingerprint density at radius 3 is 2.92 bits per heavy atom. The molecule has 2 rings (SSSR count).